The summed E-state index contributed by atoms with van der Waals surface area (Å²) in [4.78, 5) is 20.6. The Hall–Kier alpha value is -2.95. The van der Waals surface area contributed by atoms with Crippen molar-refractivity contribution in [1.82, 2.24) is 9.97 Å². The smallest absolute Gasteiger partial charge is 0.274 e. The Bertz CT molecular complexity index is 778. The van der Waals surface area contributed by atoms with Crippen molar-refractivity contribution in [3.8, 4) is 0 Å². The molecule has 21 heavy (non-hydrogen) atoms. The molecule has 5 heteroatoms. The highest BCUT2D eigenvalue weighted by molar-refractivity contribution is 6.07. The number of fused-ring (bicyclic) bond motifs is 1. The van der Waals surface area contributed by atoms with Crippen LogP contribution in [0.1, 0.15) is 10.5 Å². The molecule has 0 aliphatic carbocycles. The number of carbonyl (C=O) groups excluding carboxylic acids is 1. The second kappa shape index (κ2) is 5.58. The van der Waals surface area contributed by atoms with E-state index < -0.39 is 0 Å². The van der Waals surface area contributed by atoms with Crippen molar-refractivity contribution in [1.29, 1.82) is 0 Å². The van der Waals surface area contributed by atoms with E-state index in [2.05, 4.69) is 20.6 Å². The number of carbonyl (C=O) groups is 1. The average molecular weight is 278 g/mol. The second-order valence-electron chi connectivity index (χ2n) is 4.51. The third kappa shape index (κ3) is 2.67. The molecule has 0 saturated heterocycles. The highest BCUT2D eigenvalue weighted by Crippen LogP contribution is 2.21. The van der Waals surface area contributed by atoms with Gasteiger partial charge < -0.3 is 10.6 Å². The summed E-state index contributed by atoms with van der Waals surface area (Å²) in [5.41, 5.74) is 2.80. The SMILES string of the molecule is CNc1ccc(C(=O)Nc2cccc3ncccc23)nc1. The number of nitrogens with zero attached hydrogens (tertiary/aromatic N) is 2. The molecule has 2 aromatic heterocycles. The van der Waals surface area contributed by atoms with Crippen LogP contribution in [0.5, 0.6) is 0 Å². The summed E-state index contributed by atoms with van der Waals surface area (Å²) in [5, 5.41) is 6.74. The lowest BCUT2D eigenvalue weighted by atomic mass is 10.2. The Morgan fingerprint density at radius 1 is 1.05 bits per heavy atom. The van der Waals surface area contributed by atoms with Gasteiger partial charge in [0.15, 0.2) is 0 Å². The number of amides is 1. The van der Waals surface area contributed by atoms with Crippen LogP contribution in [0.3, 0.4) is 0 Å². The number of rotatable bonds is 3. The van der Waals surface area contributed by atoms with Gasteiger partial charge in [0.05, 0.1) is 23.1 Å². The third-order valence-electron chi connectivity index (χ3n) is 3.18. The van der Waals surface area contributed by atoms with Gasteiger partial charge >= 0.3 is 0 Å². The van der Waals surface area contributed by atoms with Crippen LogP contribution in [0.4, 0.5) is 11.4 Å². The Morgan fingerprint density at radius 3 is 2.71 bits per heavy atom. The fourth-order valence-electron chi connectivity index (χ4n) is 2.07. The summed E-state index contributed by atoms with van der Waals surface area (Å²) < 4.78 is 0. The first kappa shape index (κ1) is 13.1. The van der Waals surface area contributed by atoms with Gasteiger partial charge in [-0.05, 0) is 36.4 Å². The molecule has 0 saturated carbocycles. The normalized spacial score (nSPS) is 10.3. The number of hydrogen-bond acceptors (Lipinski definition) is 4. The summed E-state index contributed by atoms with van der Waals surface area (Å²) in [5.74, 6) is -0.242. The number of aromatic nitrogens is 2. The number of pyridine rings is 2. The average Bonchev–Trinajstić information content (AvgIpc) is 2.55. The van der Waals surface area contributed by atoms with Crippen LogP contribution < -0.4 is 10.6 Å². The molecule has 2 N–H and O–H groups in total. The molecule has 0 aliphatic rings. The Balaban J connectivity index is 1.89. The maximum Gasteiger partial charge on any atom is 0.274 e. The van der Waals surface area contributed by atoms with Gasteiger partial charge in [-0.15, -0.1) is 0 Å². The van der Waals surface area contributed by atoms with Crippen LogP contribution in [0.25, 0.3) is 10.9 Å². The second-order valence-corrected chi connectivity index (χ2v) is 4.51. The van der Waals surface area contributed by atoms with Gasteiger partial charge in [-0.2, -0.15) is 0 Å². The molecule has 5 nitrogen and oxygen atoms in total. The highest BCUT2D eigenvalue weighted by Gasteiger charge is 2.09. The standard InChI is InChI=1S/C16H14N4O/c1-17-11-7-8-15(19-10-11)16(21)20-14-6-2-5-13-12(14)4-3-9-18-13/h2-10,17H,1H3,(H,20,21). The predicted octanol–water partition coefficient (Wildman–Crippen LogP) is 2.92. The van der Waals surface area contributed by atoms with Crippen molar-refractivity contribution < 1.29 is 4.79 Å². The van der Waals surface area contributed by atoms with E-state index in [9.17, 15) is 4.79 Å². The van der Waals surface area contributed by atoms with Crippen LogP contribution in [0, 0.1) is 0 Å². The van der Waals surface area contributed by atoms with Crippen molar-refractivity contribution in [2.45, 2.75) is 0 Å². The number of hydrogen-bond donors (Lipinski definition) is 2. The van der Waals surface area contributed by atoms with E-state index in [-0.39, 0.29) is 5.91 Å². The Labute approximate surface area is 122 Å². The molecule has 0 aliphatic heterocycles. The Kier molecular flexibility index (Phi) is 3.47. The molecule has 2 heterocycles. The lowest BCUT2D eigenvalue weighted by molar-refractivity contribution is 0.102. The first-order valence-electron chi connectivity index (χ1n) is 6.57. The van der Waals surface area contributed by atoms with Crippen molar-refractivity contribution in [2.75, 3.05) is 17.7 Å². The molecule has 0 bridgehead atoms. The Morgan fingerprint density at radius 2 is 1.95 bits per heavy atom. The summed E-state index contributed by atoms with van der Waals surface area (Å²) in [7, 11) is 1.81. The van der Waals surface area contributed by atoms with E-state index >= 15 is 0 Å². The maximum atomic E-state index is 12.2. The monoisotopic (exact) mass is 278 g/mol. The molecule has 0 radical (unpaired) electrons. The minimum atomic E-state index is -0.242. The summed E-state index contributed by atoms with van der Waals surface area (Å²) in [6.45, 7) is 0. The number of nitrogens with one attached hydrogen (secondary N) is 2. The minimum Gasteiger partial charge on any atom is -0.387 e. The first-order chi connectivity index (χ1) is 10.3. The molecule has 104 valence electrons. The van der Waals surface area contributed by atoms with Gasteiger partial charge in [-0.3, -0.25) is 9.78 Å². The fourth-order valence-corrected chi connectivity index (χ4v) is 2.07. The fraction of sp³-hybridized carbons (Fsp3) is 0.0625. The van der Waals surface area contributed by atoms with Crippen molar-refractivity contribution >= 4 is 28.2 Å². The summed E-state index contributed by atoms with van der Waals surface area (Å²) in [6, 6.07) is 12.9. The molecule has 0 unspecified atom stereocenters. The zero-order valence-electron chi connectivity index (χ0n) is 11.5. The van der Waals surface area contributed by atoms with Gasteiger partial charge in [-0.25, -0.2) is 4.98 Å². The molecule has 1 amide bonds. The van der Waals surface area contributed by atoms with Gasteiger partial charge in [0.2, 0.25) is 0 Å². The lowest BCUT2D eigenvalue weighted by Crippen LogP contribution is -2.13. The molecular formula is C16H14N4O. The largest absolute Gasteiger partial charge is 0.387 e. The molecule has 1 aromatic carbocycles. The van der Waals surface area contributed by atoms with E-state index in [4.69, 9.17) is 0 Å². The van der Waals surface area contributed by atoms with E-state index in [1.807, 2.05) is 36.4 Å². The van der Waals surface area contributed by atoms with E-state index in [0.29, 0.717) is 5.69 Å². The minimum absolute atomic E-state index is 0.242. The van der Waals surface area contributed by atoms with E-state index in [1.54, 1.807) is 25.5 Å². The van der Waals surface area contributed by atoms with Gasteiger partial charge in [0.1, 0.15) is 5.69 Å². The molecule has 3 aromatic rings. The van der Waals surface area contributed by atoms with Gasteiger partial charge in [-0.1, -0.05) is 6.07 Å². The van der Waals surface area contributed by atoms with Gasteiger partial charge in [0, 0.05) is 18.6 Å². The highest BCUT2D eigenvalue weighted by atomic mass is 16.1. The molecule has 0 fully saturated rings. The first-order valence-corrected chi connectivity index (χ1v) is 6.57. The van der Waals surface area contributed by atoms with Crippen molar-refractivity contribution in [3.05, 3.63) is 60.6 Å². The molecular weight excluding hydrogens is 264 g/mol. The molecule has 0 atom stereocenters. The van der Waals surface area contributed by atoms with E-state index in [0.717, 1.165) is 22.3 Å². The van der Waals surface area contributed by atoms with Crippen molar-refractivity contribution in [3.63, 3.8) is 0 Å². The molecule has 3 rings (SSSR count). The molecule has 0 spiro atoms. The maximum absolute atomic E-state index is 12.2. The topological polar surface area (TPSA) is 66.9 Å². The lowest BCUT2D eigenvalue weighted by Gasteiger charge is -2.08. The van der Waals surface area contributed by atoms with E-state index in [1.165, 1.54) is 0 Å². The zero-order chi connectivity index (χ0) is 14.7. The number of anilines is 2. The van der Waals surface area contributed by atoms with Crippen LogP contribution in [0.15, 0.2) is 54.9 Å². The van der Waals surface area contributed by atoms with Gasteiger partial charge in [0.25, 0.3) is 5.91 Å². The summed E-state index contributed by atoms with van der Waals surface area (Å²) in [6.07, 6.45) is 3.35. The van der Waals surface area contributed by atoms with Crippen LogP contribution >= 0.6 is 0 Å². The predicted molar refractivity (Wildman–Crippen MR) is 83.5 cm³/mol. The van der Waals surface area contributed by atoms with Crippen LogP contribution in [-0.2, 0) is 0 Å². The van der Waals surface area contributed by atoms with Crippen LogP contribution in [-0.4, -0.2) is 22.9 Å². The quantitative estimate of drug-likeness (QED) is 0.773. The summed E-state index contributed by atoms with van der Waals surface area (Å²) >= 11 is 0. The van der Waals surface area contributed by atoms with Crippen LogP contribution in [0.2, 0.25) is 0 Å². The van der Waals surface area contributed by atoms with Crippen molar-refractivity contribution in [2.24, 2.45) is 0 Å². The number of benzene rings is 1. The zero-order valence-corrected chi connectivity index (χ0v) is 11.5. The third-order valence-corrected chi connectivity index (χ3v) is 3.18.